The van der Waals surface area contributed by atoms with Gasteiger partial charge in [0.1, 0.15) is 0 Å². The summed E-state index contributed by atoms with van der Waals surface area (Å²) in [6.45, 7) is 1.89. The molecule has 1 amide bonds. The van der Waals surface area contributed by atoms with Crippen LogP contribution in [-0.4, -0.2) is 26.5 Å². The van der Waals surface area contributed by atoms with Gasteiger partial charge in [-0.15, -0.1) is 0 Å². The third kappa shape index (κ3) is 3.13. The van der Waals surface area contributed by atoms with Gasteiger partial charge in [0, 0.05) is 53.7 Å². The molecule has 1 aliphatic carbocycles. The van der Waals surface area contributed by atoms with E-state index in [1.807, 2.05) is 44.4 Å². The van der Waals surface area contributed by atoms with Crippen LogP contribution in [0.2, 0.25) is 0 Å². The molecule has 1 unspecified atom stereocenters. The summed E-state index contributed by atoms with van der Waals surface area (Å²) >= 11 is 1.43. The monoisotopic (exact) mass is 419 g/mol. The van der Waals surface area contributed by atoms with Crippen LogP contribution in [0.5, 0.6) is 0 Å². The van der Waals surface area contributed by atoms with Crippen molar-refractivity contribution in [3.8, 4) is 0 Å². The Morgan fingerprint density at radius 2 is 2.13 bits per heavy atom. The van der Waals surface area contributed by atoms with E-state index < -0.39 is 5.92 Å². The minimum Gasteiger partial charge on any atom is -0.362 e. The number of nitrogens with zero attached hydrogens (tertiary/aromatic N) is 3. The van der Waals surface area contributed by atoms with Crippen molar-refractivity contribution in [2.75, 3.05) is 5.32 Å². The zero-order valence-corrected chi connectivity index (χ0v) is 17.5. The van der Waals surface area contributed by atoms with E-state index in [-0.39, 0.29) is 11.7 Å². The van der Waals surface area contributed by atoms with Crippen molar-refractivity contribution in [2.24, 2.45) is 7.05 Å². The van der Waals surface area contributed by atoms with E-state index in [1.54, 1.807) is 10.9 Å². The van der Waals surface area contributed by atoms with Gasteiger partial charge in [-0.05, 0) is 31.9 Å². The molecule has 2 aliphatic rings. The molecule has 0 spiro atoms. The predicted molar refractivity (Wildman–Crippen MR) is 116 cm³/mol. The number of anilines is 1. The maximum absolute atomic E-state index is 13.4. The number of carbonyl (C=O) groups excluding carboxylic acids is 2. The molecular formula is C22H21N5O2S. The molecule has 2 N–H and O–H groups in total. The Balaban J connectivity index is 1.55. The van der Waals surface area contributed by atoms with Gasteiger partial charge in [-0.3, -0.25) is 19.6 Å². The second-order valence-electron chi connectivity index (χ2n) is 7.65. The summed E-state index contributed by atoms with van der Waals surface area (Å²) < 4.78 is 2.71. The van der Waals surface area contributed by atoms with E-state index in [0.29, 0.717) is 22.7 Å². The minimum absolute atomic E-state index is 0.0930. The lowest BCUT2D eigenvalue weighted by atomic mass is 9.76. The number of nitrogens with one attached hydrogen (secondary N) is 2. The van der Waals surface area contributed by atoms with Gasteiger partial charge in [-0.2, -0.15) is 5.10 Å². The Labute approximate surface area is 177 Å². The highest BCUT2D eigenvalue weighted by molar-refractivity contribution is 7.22. The number of allylic oxidation sites excluding steroid dienone is 3. The Morgan fingerprint density at radius 3 is 2.90 bits per heavy atom. The summed E-state index contributed by atoms with van der Waals surface area (Å²) in [5, 5.41) is 11.1. The van der Waals surface area contributed by atoms with Crippen LogP contribution in [0.3, 0.4) is 0 Å². The number of aromatic nitrogens is 3. The number of benzene rings is 1. The maximum Gasteiger partial charge on any atom is 0.256 e. The van der Waals surface area contributed by atoms with Crippen LogP contribution in [0.1, 0.15) is 37.7 Å². The quantitative estimate of drug-likeness (QED) is 0.677. The Bertz CT molecular complexity index is 1220. The number of hydrogen-bond donors (Lipinski definition) is 2. The summed E-state index contributed by atoms with van der Waals surface area (Å²) in [5.74, 6) is -0.592. The molecule has 5 rings (SSSR count). The number of hydrogen-bond acceptors (Lipinski definition) is 6. The molecular weight excluding hydrogens is 398 g/mol. The highest BCUT2D eigenvalue weighted by atomic mass is 32.1. The molecule has 0 saturated heterocycles. The second-order valence-corrected chi connectivity index (χ2v) is 8.68. The largest absolute Gasteiger partial charge is 0.362 e. The fraction of sp³-hybridized carbons (Fsp3) is 0.273. The number of dihydropyridines is 1. The van der Waals surface area contributed by atoms with E-state index in [2.05, 4.69) is 20.7 Å². The van der Waals surface area contributed by atoms with Crippen molar-refractivity contribution >= 4 is 38.4 Å². The summed E-state index contributed by atoms with van der Waals surface area (Å²) in [6.07, 6.45) is 5.75. The number of para-hydroxylation sites is 1. The zero-order chi connectivity index (χ0) is 20.8. The van der Waals surface area contributed by atoms with Crippen LogP contribution in [0.4, 0.5) is 5.13 Å². The normalized spacial score (nSPS) is 19.1. The first kappa shape index (κ1) is 18.7. The average Bonchev–Trinajstić information content (AvgIpc) is 3.32. The topological polar surface area (TPSA) is 88.9 Å². The van der Waals surface area contributed by atoms with Crippen LogP contribution in [0.15, 0.2) is 59.2 Å². The fourth-order valence-corrected chi connectivity index (χ4v) is 5.16. The van der Waals surface area contributed by atoms with Gasteiger partial charge in [0.05, 0.1) is 16.4 Å². The second kappa shape index (κ2) is 7.21. The van der Waals surface area contributed by atoms with Gasteiger partial charge in [-0.1, -0.05) is 23.5 Å². The van der Waals surface area contributed by atoms with Crippen molar-refractivity contribution in [2.45, 2.75) is 32.1 Å². The number of carbonyl (C=O) groups is 2. The molecule has 8 heteroatoms. The van der Waals surface area contributed by atoms with Crippen LogP contribution in [0, 0.1) is 0 Å². The standard InChI is InChI=1S/C22H21N5O2S/c1-12-18(21(29)26-22-25-14-6-3-4-9-17(14)30-22)19(13-10-23-27(2)11-13)20-15(24-12)7-5-8-16(20)28/h3-4,6,9-11,19,24H,5,7-8H2,1-2H3,(H,25,26,29). The SMILES string of the molecule is CC1=C(C(=O)Nc2nc3ccccc3s2)C(c2cnn(C)c2)C2=C(CCCC2=O)N1. The molecule has 1 aromatic carbocycles. The molecule has 0 fully saturated rings. The molecule has 2 aromatic heterocycles. The average molecular weight is 420 g/mol. The zero-order valence-electron chi connectivity index (χ0n) is 16.7. The van der Waals surface area contributed by atoms with Crippen LogP contribution in [0.25, 0.3) is 10.2 Å². The fourth-order valence-electron chi connectivity index (χ4n) is 4.30. The Kier molecular flexibility index (Phi) is 4.51. The lowest BCUT2D eigenvalue weighted by Crippen LogP contribution is -2.35. The van der Waals surface area contributed by atoms with Gasteiger partial charge in [0.25, 0.3) is 5.91 Å². The molecule has 3 heterocycles. The van der Waals surface area contributed by atoms with Gasteiger partial charge in [-0.25, -0.2) is 4.98 Å². The summed E-state index contributed by atoms with van der Waals surface area (Å²) in [4.78, 5) is 30.8. The first-order chi connectivity index (χ1) is 14.5. The number of ketones is 1. The van der Waals surface area contributed by atoms with E-state index in [4.69, 9.17) is 0 Å². The first-order valence-electron chi connectivity index (χ1n) is 9.91. The van der Waals surface area contributed by atoms with E-state index in [9.17, 15) is 9.59 Å². The van der Waals surface area contributed by atoms with Gasteiger partial charge in [0.2, 0.25) is 0 Å². The molecule has 1 atom stereocenters. The lowest BCUT2D eigenvalue weighted by molar-refractivity contribution is -0.116. The third-order valence-electron chi connectivity index (χ3n) is 5.59. The van der Waals surface area contributed by atoms with Crippen molar-refractivity contribution in [3.63, 3.8) is 0 Å². The number of rotatable bonds is 3. The molecule has 1 aliphatic heterocycles. The Hall–Kier alpha value is -3.26. The summed E-state index contributed by atoms with van der Waals surface area (Å²) in [5.41, 5.74) is 4.60. The van der Waals surface area contributed by atoms with Crippen LogP contribution >= 0.6 is 11.3 Å². The lowest BCUT2D eigenvalue weighted by Gasteiger charge is -2.33. The van der Waals surface area contributed by atoms with Crippen molar-refractivity contribution in [3.05, 3.63) is 64.8 Å². The highest BCUT2D eigenvalue weighted by Crippen LogP contribution is 2.42. The van der Waals surface area contributed by atoms with Gasteiger partial charge >= 0.3 is 0 Å². The Morgan fingerprint density at radius 1 is 1.30 bits per heavy atom. The number of fused-ring (bicyclic) bond motifs is 1. The van der Waals surface area contributed by atoms with Crippen molar-refractivity contribution in [1.29, 1.82) is 0 Å². The first-order valence-corrected chi connectivity index (χ1v) is 10.7. The summed E-state index contributed by atoms with van der Waals surface area (Å²) in [6, 6.07) is 7.77. The molecule has 3 aromatic rings. The van der Waals surface area contributed by atoms with Crippen molar-refractivity contribution < 1.29 is 9.59 Å². The van der Waals surface area contributed by atoms with Gasteiger partial charge in [0.15, 0.2) is 10.9 Å². The van der Waals surface area contributed by atoms with Crippen LogP contribution < -0.4 is 10.6 Å². The van der Waals surface area contributed by atoms with E-state index in [0.717, 1.165) is 40.0 Å². The van der Waals surface area contributed by atoms with E-state index in [1.165, 1.54) is 11.3 Å². The predicted octanol–water partition coefficient (Wildman–Crippen LogP) is 3.64. The number of aryl methyl sites for hydroxylation is 1. The minimum atomic E-state index is -0.433. The number of Topliss-reactive ketones (excluding diaryl/α,β-unsaturated/α-hetero) is 1. The molecule has 0 radical (unpaired) electrons. The van der Waals surface area contributed by atoms with Gasteiger partial charge < -0.3 is 5.32 Å². The smallest absolute Gasteiger partial charge is 0.256 e. The van der Waals surface area contributed by atoms with Crippen LogP contribution in [-0.2, 0) is 16.6 Å². The number of amides is 1. The molecule has 7 nitrogen and oxygen atoms in total. The third-order valence-corrected chi connectivity index (χ3v) is 6.54. The number of thiazole rings is 1. The summed E-state index contributed by atoms with van der Waals surface area (Å²) in [7, 11) is 1.83. The highest BCUT2D eigenvalue weighted by Gasteiger charge is 2.39. The maximum atomic E-state index is 13.4. The van der Waals surface area contributed by atoms with E-state index >= 15 is 0 Å². The molecule has 152 valence electrons. The molecule has 0 saturated carbocycles. The molecule has 0 bridgehead atoms. The molecule has 30 heavy (non-hydrogen) atoms. The van der Waals surface area contributed by atoms with Crippen molar-refractivity contribution in [1.82, 2.24) is 20.1 Å².